The third kappa shape index (κ3) is 4.53. The van der Waals surface area contributed by atoms with Crippen LogP contribution in [-0.4, -0.2) is 25.5 Å². The van der Waals surface area contributed by atoms with Crippen LogP contribution in [0.5, 0.6) is 0 Å². The Morgan fingerprint density at radius 3 is 2.54 bits per heavy atom. The van der Waals surface area contributed by atoms with E-state index in [9.17, 15) is 22.9 Å². The maximum atomic E-state index is 14.7. The number of benzene rings is 3. The number of aromatic nitrogens is 1. The lowest BCUT2D eigenvalue weighted by molar-refractivity contribution is -0.148. The number of carbonyl (C=O) groups excluding carboxylic acids is 1. The van der Waals surface area contributed by atoms with Crippen molar-refractivity contribution in [2.24, 2.45) is 5.92 Å². The molecule has 1 fully saturated rings. The fraction of sp³-hybridized carbons (Fsp3) is 0.188. The first-order valence-electron chi connectivity index (χ1n) is 13.0. The second kappa shape index (κ2) is 10.3. The average molecular weight is 585 g/mol. The summed E-state index contributed by atoms with van der Waals surface area (Å²) < 4.78 is 49.6. The van der Waals surface area contributed by atoms with Gasteiger partial charge in [0.1, 0.15) is 16.8 Å². The lowest BCUT2D eigenvalue weighted by Gasteiger charge is -2.33. The Morgan fingerprint density at radius 1 is 1.07 bits per heavy atom. The van der Waals surface area contributed by atoms with Gasteiger partial charge in [-0.05, 0) is 79.1 Å². The molecule has 0 amide bonds. The highest BCUT2D eigenvalue weighted by Gasteiger charge is 2.37. The van der Waals surface area contributed by atoms with E-state index in [1.165, 1.54) is 40.6 Å². The Labute approximate surface area is 241 Å². The monoisotopic (exact) mass is 584 g/mol. The second-order valence-electron chi connectivity index (χ2n) is 10.3. The minimum Gasteiger partial charge on any atom is -0.469 e. The number of nitriles is 1. The van der Waals surface area contributed by atoms with Gasteiger partial charge in [0.05, 0.1) is 29.1 Å². The predicted octanol–water partition coefficient (Wildman–Crippen LogP) is 7.26. The van der Waals surface area contributed by atoms with Crippen LogP contribution in [0.15, 0.2) is 83.1 Å². The maximum Gasteiger partial charge on any atom is 0.308 e. The van der Waals surface area contributed by atoms with Gasteiger partial charge in [0.25, 0.3) is 10.0 Å². The summed E-state index contributed by atoms with van der Waals surface area (Å²) in [5.41, 5.74) is 4.18. The van der Waals surface area contributed by atoms with E-state index >= 15 is 0 Å². The molecule has 41 heavy (non-hydrogen) atoms. The Bertz CT molecular complexity index is 1960. The van der Waals surface area contributed by atoms with Crippen molar-refractivity contribution in [3.8, 4) is 28.5 Å². The second-order valence-corrected chi connectivity index (χ2v) is 13.0. The highest BCUT2D eigenvalue weighted by Crippen LogP contribution is 2.47. The van der Waals surface area contributed by atoms with Crippen LogP contribution in [0, 0.1) is 30.0 Å². The standard InChI is InChI=1S/C32H25FN2O4S2/c1-19-6-9-25(10-7-19)41(37,38)35-28-11-8-24(33)17-27(28)30(26-12-13-40-29(26)18-34)31(35)21-5-3-4-20(14-21)22-15-23(16-22)32(36)39-2/h3-14,17,22-23H,15-16H2,1-2H3. The smallest absolute Gasteiger partial charge is 0.308 e. The lowest BCUT2D eigenvalue weighted by atomic mass is 9.71. The van der Waals surface area contributed by atoms with Crippen LogP contribution < -0.4 is 0 Å². The van der Waals surface area contributed by atoms with Crippen molar-refractivity contribution < 1.29 is 22.3 Å². The Kier molecular flexibility index (Phi) is 6.76. The van der Waals surface area contributed by atoms with Crippen LogP contribution in [0.25, 0.3) is 33.3 Å². The lowest BCUT2D eigenvalue weighted by Crippen LogP contribution is -2.29. The molecule has 2 aromatic heterocycles. The number of hydrogen-bond donors (Lipinski definition) is 0. The maximum absolute atomic E-state index is 14.7. The minimum atomic E-state index is -4.16. The van der Waals surface area contributed by atoms with Gasteiger partial charge in [-0.2, -0.15) is 5.26 Å². The van der Waals surface area contributed by atoms with Crippen LogP contribution in [0.2, 0.25) is 0 Å². The number of methoxy groups -OCH3 is 1. The molecule has 0 spiro atoms. The molecule has 0 saturated heterocycles. The average Bonchev–Trinajstić information content (AvgIpc) is 3.54. The van der Waals surface area contributed by atoms with Crippen molar-refractivity contribution in [2.45, 2.75) is 30.6 Å². The highest BCUT2D eigenvalue weighted by molar-refractivity contribution is 7.90. The minimum absolute atomic E-state index is 0.0963. The molecule has 0 bridgehead atoms. The molecular weight excluding hydrogens is 559 g/mol. The Balaban J connectivity index is 1.64. The van der Waals surface area contributed by atoms with Gasteiger partial charge in [-0.15, -0.1) is 11.3 Å². The number of esters is 1. The molecule has 5 aromatic rings. The number of thiophene rings is 1. The first-order chi connectivity index (χ1) is 19.7. The van der Waals surface area contributed by atoms with Gasteiger partial charge < -0.3 is 4.74 Å². The number of halogens is 1. The molecule has 0 atom stereocenters. The highest BCUT2D eigenvalue weighted by atomic mass is 32.2. The topological polar surface area (TPSA) is 89.2 Å². The van der Waals surface area contributed by atoms with Crippen molar-refractivity contribution in [2.75, 3.05) is 7.11 Å². The summed E-state index contributed by atoms with van der Waals surface area (Å²) in [5, 5.41) is 12.1. The molecule has 9 heteroatoms. The van der Waals surface area contributed by atoms with E-state index in [1.54, 1.807) is 35.7 Å². The van der Waals surface area contributed by atoms with Crippen LogP contribution in [0.4, 0.5) is 4.39 Å². The zero-order valence-electron chi connectivity index (χ0n) is 22.3. The van der Waals surface area contributed by atoms with E-state index in [-0.39, 0.29) is 22.7 Å². The van der Waals surface area contributed by atoms with Gasteiger partial charge in [0, 0.05) is 22.1 Å². The summed E-state index contributed by atoms with van der Waals surface area (Å²) in [7, 11) is -2.78. The number of ether oxygens (including phenoxy) is 1. The van der Waals surface area contributed by atoms with Crippen LogP contribution in [0.3, 0.4) is 0 Å². The van der Waals surface area contributed by atoms with Crippen LogP contribution in [-0.2, 0) is 19.6 Å². The molecular formula is C32H25FN2O4S2. The van der Waals surface area contributed by atoms with Crippen LogP contribution in [0.1, 0.15) is 34.8 Å². The number of rotatable bonds is 6. The van der Waals surface area contributed by atoms with Gasteiger partial charge in [0.15, 0.2) is 0 Å². The molecule has 6 nitrogen and oxygen atoms in total. The molecule has 0 aliphatic heterocycles. The van der Waals surface area contributed by atoms with E-state index in [4.69, 9.17) is 4.74 Å². The third-order valence-electron chi connectivity index (χ3n) is 7.79. The molecule has 0 radical (unpaired) electrons. The van der Waals surface area contributed by atoms with Gasteiger partial charge in [-0.1, -0.05) is 35.9 Å². The van der Waals surface area contributed by atoms with E-state index in [2.05, 4.69) is 6.07 Å². The summed E-state index contributed by atoms with van der Waals surface area (Å²) in [4.78, 5) is 12.5. The predicted molar refractivity (Wildman–Crippen MR) is 157 cm³/mol. The Morgan fingerprint density at radius 2 is 1.83 bits per heavy atom. The number of fused-ring (bicyclic) bond motifs is 1. The number of hydrogen-bond acceptors (Lipinski definition) is 6. The molecule has 0 N–H and O–H groups in total. The summed E-state index contributed by atoms with van der Waals surface area (Å²) >= 11 is 1.24. The van der Waals surface area contributed by atoms with Crippen molar-refractivity contribution in [1.82, 2.24) is 3.97 Å². The van der Waals surface area contributed by atoms with Crippen molar-refractivity contribution >= 4 is 38.2 Å². The molecule has 1 saturated carbocycles. The zero-order valence-corrected chi connectivity index (χ0v) is 23.9. The molecule has 1 aliphatic rings. The summed E-state index contributed by atoms with van der Waals surface area (Å²) in [6.45, 7) is 1.88. The molecule has 2 heterocycles. The molecule has 6 rings (SSSR count). The van der Waals surface area contributed by atoms with Gasteiger partial charge in [-0.3, -0.25) is 4.79 Å². The Hall–Kier alpha value is -4.26. The van der Waals surface area contributed by atoms with Crippen molar-refractivity contribution in [3.63, 3.8) is 0 Å². The van der Waals surface area contributed by atoms with E-state index in [0.29, 0.717) is 51.0 Å². The quantitative estimate of drug-likeness (QED) is 0.196. The number of carbonyl (C=O) groups is 1. The summed E-state index contributed by atoms with van der Waals surface area (Å²) in [6, 6.07) is 22.2. The number of nitrogens with zero attached hydrogens (tertiary/aromatic N) is 2. The van der Waals surface area contributed by atoms with Crippen molar-refractivity contribution in [3.05, 3.63) is 100.0 Å². The first kappa shape index (κ1) is 26.9. The van der Waals surface area contributed by atoms with E-state index in [0.717, 1.165) is 11.1 Å². The normalized spacial score (nSPS) is 16.7. The fourth-order valence-corrected chi connectivity index (χ4v) is 7.85. The largest absolute Gasteiger partial charge is 0.469 e. The SMILES string of the molecule is COC(=O)C1CC(c2cccc(-c3c(-c4ccsc4C#N)c4cc(F)ccc4n3S(=O)(=O)c3ccc(C)cc3)c2)C1. The molecule has 206 valence electrons. The van der Waals surface area contributed by atoms with Gasteiger partial charge in [-0.25, -0.2) is 16.8 Å². The molecule has 0 unspecified atom stereocenters. The number of aryl methyl sites for hydroxylation is 1. The third-order valence-corrected chi connectivity index (χ3v) is 10.3. The summed E-state index contributed by atoms with van der Waals surface area (Å²) in [6.07, 6.45) is 1.28. The first-order valence-corrected chi connectivity index (χ1v) is 15.4. The molecule has 3 aromatic carbocycles. The van der Waals surface area contributed by atoms with E-state index < -0.39 is 15.8 Å². The van der Waals surface area contributed by atoms with E-state index in [1.807, 2.05) is 31.2 Å². The van der Waals surface area contributed by atoms with Crippen LogP contribution >= 0.6 is 11.3 Å². The van der Waals surface area contributed by atoms with Gasteiger partial charge >= 0.3 is 5.97 Å². The molecule has 1 aliphatic carbocycles. The van der Waals surface area contributed by atoms with Gasteiger partial charge in [0.2, 0.25) is 0 Å². The fourth-order valence-electron chi connectivity index (χ4n) is 5.62. The zero-order chi connectivity index (χ0) is 28.9. The van der Waals surface area contributed by atoms with Crippen molar-refractivity contribution in [1.29, 1.82) is 5.26 Å². The summed E-state index contributed by atoms with van der Waals surface area (Å²) in [5.74, 6) is -0.791.